The summed E-state index contributed by atoms with van der Waals surface area (Å²) in [6, 6.07) is 22.2. The fourth-order valence-electron chi connectivity index (χ4n) is 3.56. The van der Waals surface area contributed by atoms with Crippen LogP contribution in [0.5, 0.6) is 0 Å². The van der Waals surface area contributed by atoms with E-state index in [1.54, 1.807) is 0 Å². The molecule has 3 aromatic carbocycles. The van der Waals surface area contributed by atoms with Gasteiger partial charge in [-0.25, -0.2) is 4.58 Å². The van der Waals surface area contributed by atoms with Gasteiger partial charge in [-0.3, -0.25) is 0 Å². The van der Waals surface area contributed by atoms with Gasteiger partial charge in [-0.15, -0.1) is 11.3 Å². The summed E-state index contributed by atoms with van der Waals surface area (Å²) in [7, 11) is 2.93. The van der Waals surface area contributed by atoms with Crippen LogP contribution in [0.25, 0.3) is 20.2 Å². The topological polar surface area (TPSA) is 3.01 Å². The fourth-order valence-corrected chi connectivity index (χ4v) is 6.33. The molecule has 1 nitrogen and oxygen atoms in total. The molecule has 4 aromatic rings. The van der Waals surface area contributed by atoms with E-state index in [0.29, 0.717) is 0 Å². The number of benzene rings is 3. The van der Waals surface area contributed by atoms with Crippen molar-refractivity contribution in [3.63, 3.8) is 0 Å². The smallest absolute Gasteiger partial charge is 0.204 e. The Morgan fingerprint density at radius 1 is 0.875 bits per heavy atom. The maximum atomic E-state index is 2.41. The number of rotatable bonds is 1. The largest absolute Gasteiger partial charge is 0.223 e. The van der Waals surface area contributed by atoms with Crippen molar-refractivity contribution in [2.24, 2.45) is 0 Å². The Morgan fingerprint density at radius 3 is 2.54 bits per heavy atom. The molecule has 0 fully saturated rings. The van der Waals surface area contributed by atoms with Crippen molar-refractivity contribution in [2.45, 2.75) is 6.92 Å². The highest BCUT2D eigenvalue weighted by Crippen LogP contribution is 2.35. The third kappa shape index (κ3) is 1.95. The van der Waals surface area contributed by atoms with E-state index in [2.05, 4.69) is 79.2 Å². The fraction of sp³-hybridized carbons (Fsp3) is 0.0952. The van der Waals surface area contributed by atoms with Crippen LogP contribution in [0.1, 0.15) is 11.1 Å². The number of fused-ring (bicyclic) bond motifs is 4. The number of hydrogen-bond acceptors (Lipinski definition) is 1. The quantitative estimate of drug-likeness (QED) is 0.356. The summed E-state index contributed by atoms with van der Waals surface area (Å²) in [6.45, 7) is 2.20. The van der Waals surface area contributed by atoms with Crippen LogP contribution in [0.2, 0.25) is 0 Å². The molecule has 0 atom stereocenters. The van der Waals surface area contributed by atoms with Gasteiger partial charge < -0.3 is 0 Å². The van der Waals surface area contributed by atoms with Gasteiger partial charge in [0.25, 0.3) is 0 Å². The van der Waals surface area contributed by atoms with Crippen LogP contribution in [0.15, 0.2) is 60.7 Å². The van der Waals surface area contributed by atoms with Crippen molar-refractivity contribution in [3.05, 3.63) is 71.8 Å². The maximum absolute atomic E-state index is 2.41. The number of nitrogens with zero attached hydrogens (tertiary/aromatic N) is 1. The zero-order valence-corrected chi connectivity index (χ0v) is 15.4. The Kier molecular flexibility index (Phi) is 3.02. The van der Waals surface area contributed by atoms with Crippen LogP contribution >= 0.6 is 11.3 Å². The van der Waals surface area contributed by atoms with E-state index in [0.717, 1.165) is 9.52 Å². The normalized spacial score (nSPS) is 13.9. The van der Waals surface area contributed by atoms with Gasteiger partial charge in [0.1, 0.15) is 7.05 Å². The third-order valence-corrected chi connectivity index (χ3v) is 7.49. The lowest BCUT2D eigenvalue weighted by molar-refractivity contribution is -0.398. The first kappa shape index (κ1) is 14.1. The van der Waals surface area contributed by atoms with Gasteiger partial charge in [-0.05, 0) is 30.7 Å². The molecule has 0 amide bonds. The van der Waals surface area contributed by atoms with E-state index in [-0.39, 0.29) is 0 Å². The number of thiophene rings is 1. The molecule has 0 bridgehead atoms. The van der Waals surface area contributed by atoms with Crippen LogP contribution in [-0.2, 0) is 0 Å². The third-order valence-electron chi connectivity index (χ3n) is 4.85. The van der Waals surface area contributed by atoms with Crippen molar-refractivity contribution >= 4 is 57.2 Å². The molecule has 5 rings (SSSR count). The molecule has 0 spiro atoms. The molecule has 24 heavy (non-hydrogen) atoms. The van der Waals surface area contributed by atoms with Crippen LogP contribution in [0.4, 0.5) is 5.69 Å². The Hall–Kier alpha value is -2.23. The Morgan fingerprint density at radius 2 is 1.67 bits per heavy atom. The van der Waals surface area contributed by atoms with Gasteiger partial charge in [-0.1, -0.05) is 36.4 Å². The van der Waals surface area contributed by atoms with E-state index >= 15 is 0 Å². The summed E-state index contributed by atoms with van der Waals surface area (Å²) in [4.78, 5) is 0. The van der Waals surface area contributed by atoms with Gasteiger partial charge in [0.2, 0.25) is 15.2 Å². The number of hydrogen-bond donors (Lipinski definition) is 0. The predicted octanol–water partition coefficient (Wildman–Crippen LogP) is 4.43. The van der Waals surface area contributed by atoms with Crippen molar-refractivity contribution in [2.75, 3.05) is 7.05 Å². The molecule has 114 valence electrons. The molecule has 1 aliphatic heterocycles. The minimum atomic E-state index is 0.724. The first-order valence-corrected chi connectivity index (χ1v) is 9.93. The predicted molar refractivity (Wildman–Crippen MR) is 106 cm³/mol. The van der Waals surface area contributed by atoms with E-state index in [9.17, 15) is 0 Å². The van der Waals surface area contributed by atoms with Crippen molar-refractivity contribution in [3.8, 4) is 0 Å². The molecular formula is C21H16NSSi+. The molecule has 0 N–H and O–H groups in total. The molecule has 1 aromatic heterocycles. The monoisotopic (exact) mass is 342 g/mol. The molecule has 2 heterocycles. The SMILES string of the molecule is Cc1ccccc1C1=[N+](C)c2cc3c(cc2[Si]1)sc1ccccc13. The van der Waals surface area contributed by atoms with Crippen LogP contribution in [0.3, 0.4) is 0 Å². The molecule has 3 heteroatoms. The maximum Gasteiger partial charge on any atom is 0.223 e. The Bertz CT molecular complexity index is 1150. The van der Waals surface area contributed by atoms with Gasteiger partial charge in [0.15, 0.2) is 5.33 Å². The highest BCUT2D eigenvalue weighted by molar-refractivity contribution is 7.26. The molecule has 0 unspecified atom stereocenters. The van der Waals surface area contributed by atoms with E-state index < -0.39 is 0 Å². The second-order valence-electron chi connectivity index (χ2n) is 6.31. The van der Waals surface area contributed by atoms with Crippen molar-refractivity contribution in [1.29, 1.82) is 0 Å². The summed E-state index contributed by atoms with van der Waals surface area (Å²) in [6.07, 6.45) is 0. The second kappa shape index (κ2) is 5.13. The zero-order valence-electron chi connectivity index (χ0n) is 13.6. The lowest BCUT2D eigenvalue weighted by atomic mass is 10.1. The summed E-state index contributed by atoms with van der Waals surface area (Å²) in [5.74, 6) is 0. The molecule has 0 aliphatic carbocycles. The summed E-state index contributed by atoms with van der Waals surface area (Å²) >= 11 is 1.91. The minimum Gasteiger partial charge on any atom is -0.204 e. The van der Waals surface area contributed by atoms with Gasteiger partial charge in [-0.2, -0.15) is 0 Å². The Labute approximate surface area is 147 Å². The zero-order chi connectivity index (χ0) is 16.3. The van der Waals surface area contributed by atoms with Crippen LogP contribution in [0, 0.1) is 6.92 Å². The van der Waals surface area contributed by atoms with Crippen LogP contribution < -0.4 is 5.19 Å². The minimum absolute atomic E-state index is 0.724. The van der Waals surface area contributed by atoms with E-state index in [4.69, 9.17) is 0 Å². The summed E-state index contributed by atoms with van der Waals surface area (Å²) < 4.78 is 5.18. The second-order valence-corrected chi connectivity index (χ2v) is 8.66. The van der Waals surface area contributed by atoms with Crippen molar-refractivity contribution in [1.82, 2.24) is 0 Å². The molecule has 2 radical (unpaired) electrons. The molecule has 0 saturated heterocycles. The molecule has 0 saturated carbocycles. The van der Waals surface area contributed by atoms with Crippen LogP contribution in [-0.4, -0.2) is 26.5 Å². The highest BCUT2D eigenvalue weighted by Gasteiger charge is 2.31. The van der Waals surface area contributed by atoms with E-state index in [1.807, 2.05) is 11.3 Å². The van der Waals surface area contributed by atoms with Gasteiger partial charge in [0.05, 0.1) is 0 Å². The average Bonchev–Trinajstić information content (AvgIpc) is 3.11. The van der Waals surface area contributed by atoms with Gasteiger partial charge in [0, 0.05) is 37.0 Å². The van der Waals surface area contributed by atoms with Gasteiger partial charge >= 0.3 is 0 Å². The van der Waals surface area contributed by atoms with E-state index in [1.165, 1.54) is 47.5 Å². The van der Waals surface area contributed by atoms with Crippen molar-refractivity contribution < 1.29 is 4.58 Å². The lowest BCUT2D eigenvalue weighted by Gasteiger charge is -2.02. The Balaban J connectivity index is 1.75. The standard InChI is InChI=1S/C21H16NSSi/c1-13-7-3-4-8-14(13)21-22(2)17-11-16-15-9-5-6-10-18(15)23-19(16)12-20(17)24-21/h3-12H,1-2H3/q+1. The highest BCUT2D eigenvalue weighted by atomic mass is 32.1. The summed E-state index contributed by atoms with van der Waals surface area (Å²) in [5.41, 5.74) is 4.09. The molecular weight excluding hydrogens is 326 g/mol. The first-order valence-electron chi connectivity index (χ1n) is 8.11. The summed E-state index contributed by atoms with van der Waals surface area (Å²) in [5, 5.41) is 5.67. The lowest BCUT2D eigenvalue weighted by Crippen LogP contribution is -2.21. The number of aryl methyl sites for hydroxylation is 1. The first-order chi connectivity index (χ1) is 11.7. The molecule has 1 aliphatic rings. The average molecular weight is 343 g/mol.